The fraction of sp³-hybridized carbons (Fsp3) is 0.500. The number of aromatic nitrogens is 2. The van der Waals surface area contributed by atoms with Crippen molar-refractivity contribution in [3.8, 4) is 0 Å². The number of rotatable bonds is 6. The Morgan fingerprint density at radius 3 is 2.66 bits per heavy atom. The predicted molar refractivity (Wildman–Crippen MR) is 108 cm³/mol. The van der Waals surface area contributed by atoms with Gasteiger partial charge >= 0.3 is 6.03 Å². The van der Waals surface area contributed by atoms with Crippen LogP contribution in [0.2, 0.25) is 0 Å². The van der Waals surface area contributed by atoms with Gasteiger partial charge in [-0.2, -0.15) is 4.31 Å². The average molecular weight is 423 g/mol. The van der Waals surface area contributed by atoms with Crippen LogP contribution < -0.4 is 10.6 Å². The number of H-pyrrole nitrogens is 1. The number of pyridine rings is 1. The summed E-state index contributed by atoms with van der Waals surface area (Å²) in [5, 5.41) is 5.47. The summed E-state index contributed by atoms with van der Waals surface area (Å²) in [7, 11) is -3.66. The highest BCUT2D eigenvalue weighted by Gasteiger charge is 2.31. The molecule has 0 saturated carbocycles. The van der Waals surface area contributed by atoms with Crippen LogP contribution in [0.25, 0.3) is 11.0 Å². The first kappa shape index (κ1) is 21.2. The van der Waals surface area contributed by atoms with Crippen LogP contribution in [-0.4, -0.2) is 78.8 Å². The van der Waals surface area contributed by atoms with Crippen molar-refractivity contribution >= 4 is 33.0 Å². The first-order valence-corrected chi connectivity index (χ1v) is 10.9. The number of sulfonamides is 1. The van der Waals surface area contributed by atoms with Crippen molar-refractivity contribution in [2.75, 3.05) is 39.3 Å². The van der Waals surface area contributed by atoms with Gasteiger partial charge in [-0.15, -0.1) is 0 Å². The minimum Gasteiger partial charge on any atom is -0.345 e. The molecule has 0 unspecified atom stereocenters. The number of fused-ring (bicyclic) bond motifs is 1. The Kier molecular flexibility index (Phi) is 6.50. The molecule has 158 valence electrons. The van der Waals surface area contributed by atoms with Crippen LogP contribution in [0.1, 0.15) is 13.8 Å². The largest absolute Gasteiger partial charge is 0.345 e. The Morgan fingerprint density at radius 2 is 1.97 bits per heavy atom. The Hall–Kier alpha value is -2.50. The standard InChI is InChI=1S/C18H26N6O4S/c1-13(2)10-21-18(26)22-16(25)12-23-6-8-24(9-7-23)29(27,28)15-11-20-17-14(15)4-3-5-19-17/h3-5,11,13H,6-10,12H2,1-2H3,(H,19,20)(H2,21,22,25,26). The number of carbonyl (C=O) groups is 2. The maximum absolute atomic E-state index is 13.0. The van der Waals surface area contributed by atoms with Crippen molar-refractivity contribution in [3.05, 3.63) is 24.5 Å². The van der Waals surface area contributed by atoms with E-state index in [0.29, 0.717) is 36.6 Å². The van der Waals surface area contributed by atoms with Crippen LogP contribution in [0.5, 0.6) is 0 Å². The van der Waals surface area contributed by atoms with Crippen molar-refractivity contribution in [1.29, 1.82) is 0 Å². The highest BCUT2D eigenvalue weighted by Crippen LogP contribution is 2.25. The number of aromatic amines is 1. The molecular formula is C18H26N6O4S. The molecule has 1 saturated heterocycles. The monoisotopic (exact) mass is 422 g/mol. The molecule has 3 rings (SSSR count). The van der Waals surface area contributed by atoms with Gasteiger partial charge in [0.25, 0.3) is 0 Å². The number of nitrogens with zero attached hydrogens (tertiary/aromatic N) is 3. The molecule has 10 nitrogen and oxygen atoms in total. The van der Waals surface area contributed by atoms with Gasteiger partial charge in [-0.1, -0.05) is 13.8 Å². The van der Waals surface area contributed by atoms with E-state index < -0.39 is 22.0 Å². The Balaban J connectivity index is 1.53. The lowest BCUT2D eigenvalue weighted by Gasteiger charge is -2.33. The van der Waals surface area contributed by atoms with Crippen molar-refractivity contribution < 1.29 is 18.0 Å². The van der Waals surface area contributed by atoms with E-state index in [1.165, 1.54) is 10.5 Å². The quantitative estimate of drug-likeness (QED) is 0.616. The molecule has 0 radical (unpaired) electrons. The fourth-order valence-electron chi connectivity index (χ4n) is 3.12. The third-order valence-electron chi connectivity index (χ3n) is 4.65. The van der Waals surface area contributed by atoms with E-state index in [1.807, 2.05) is 18.7 Å². The van der Waals surface area contributed by atoms with Gasteiger partial charge in [0.2, 0.25) is 15.9 Å². The number of hydrogen-bond acceptors (Lipinski definition) is 6. The van der Waals surface area contributed by atoms with E-state index in [9.17, 15) is 18.0 Å². The molecule has 1 aliphatic rings. The smallest absolute Gasteiger partial charge is 0.321 e. The predicted octanol–water partition coefficient (Wildman–Crippen LogP) is 0.351. The number of carbonyl (C=O) groups excluding carboxylic acids is 2. The zero-order valence-corrected chi connectivity index (χ0v) is 17.3. The second-order valence-electron chi connectivity index (χ2n) is 7.38. The van der Waals surface area contributed by atoms with Gasteiger partial charge in [0.05, 0.1) is 6.54 Å². The number of hydrogen-bond donors (Lipinski definition) is 3. The van der Waals surface area contributed by atoms with Gasteiger partial charge in [0, 0.05) is 50.5 Å². The van der Waals surface area contributed by atoms with Gasteiger partial charge in [-0.3, -0.25) is 15.0 Å². The molecule has 0 aliphatic carbocycles. The molecule has 0 aromatic carbocycles. The van der Waals surface area contributed by atoms with E-state index >= 15 is 0 Å². The molecule has 2 aromatic heterocycles. The minimum absolute atomic E-state index is 0.0417. The summed E-state index contributed by atoms with van der Waals surface area (Å²) in [4.78, 5) is 32.7. The minimum atomic E-state index is -3.66. The van der Waals surface area contributed by atoms with E-state index in [-0.39, 0.29) is 24.5 Å². The van der Waals surface area contributed by atoms with Crippen LogP contribution in [0.3, 0.4) is 0 Å². The normalized spacial score (nSPS) is 16.2. The number of urea groups is 1. The van der Waals surface area contributed by atoms with Crippen molar-refractivity contribution in [2.45, 2.75) is 18.7 Å². The van der Waals surface area contributed by atoms with Crippen LogP contribution in [0, 0.1) is 5.92 Å². The molecule has 2 aromatic rings. The summed E-state index contributed by atoms with van der Waals surface area (Å²) in [6.07, 6.45) is 3.06. The first-order chi connectivity index (χ1) is 13.8. The Morgan fingerprint density at radius 1 is 1.24 bits per heavy atom. The fourth-order valence-corrected chi connectivity index (χ4v) is 4.69. The third kappa shape index (κ3) is 5.11. The van der Waals surface area contributed by atoms with Crippen molar-refractivity contribution in [3.63, 3.8) is 0 Å². The summed E-state index contributed by atoms with van der Waals surface area (Å²) in [5.41, 5.74) is 0.525. The molecule has 29 heavy (non-hydrogen) atoms. The summed E-state index contributed by atoms with van der Waals surface area (Å²) >= 11 is 0. The van der Waals surface area contributed by atoms with Crippen LogP contribution in [0.4, 0.5) is 4.79 Å². The summed E-state index contributed by atoms with van der Waals surface area (Å²) in [5.74, 6) is -0.121. The first-order valence-electron chi connectivity index (χ1n) is 9.49. The SMILES string of the molecule is CC(C)CNC(=O)NC(=O)CN1CCN(S(=O)(=O)c2c[nH]c3ncccc23)CC1. The van der Waals surface area contributed by atoms with E-state index in [0.717, 1.165) is 0 Å². The molecule has 0 spiro atoms. The molecule has 11 heteroatoms. The van der Waals surface area contributed by atoms with Crippen LogP contribution in [0.15, 0.2) is 29.4 Å². The lowest BCUT2D eigenvalue weighted by molar-refractivity contribution is -0.121. The maximum Gasteiger partial charge on any atom is 0.321 e. The van der Waals surface area contributed by atoms with E-state index in [2.05, 4.69) is 20.6 Å². The van der Waals surface area contributed by atoms with Crippen molar-refractivity contribution in [1.82, 2.24) is 29.8 Å². The highest BCUT2D eigenvalue weighted by molar-refractivity contribution is 7.89. The second-order valence-corrected chi connectivity index (χ2v) is 9.29. The molecular weight excluding hydrogens is 396 g/mol. The summed E-state index contributed by atoms with van der Waals surface area (Å²) < 4.78 is 27.4. The summed E-state index contributed by atoms with van der Waals surface area (Å²) in [6, 6.07) is 2.90. The topological polar surface area (TPSA) is 127 Å². The molecule has 1 fully saturated rings. The molecule has 0 bridgehead atoms. The highest BCUT2D eigenvalue weighted by atomic mass is 32.2. The molecule has 3 amide bonds. The van der Waals surface area contributed by atoms with Gasteiger partial charge in [0.15, 0.2) is 0 Å². The number of piperazine rings is 1. The molecule has 3 N–H and O–H groups in total. The number of amides is 3. The zero-order chi connectivity index (χ0) is 21.0. The van der Waals surface area contributed by atoms with Gasteiger partial charge in [-0.05, 0) is 18.1 Å². The average Bonchev–Trinajstić information content (AvgIpc) is 3.11. The van der Waals surface area contributed by atoms with Crippen molar-refractivity contribution in [2.24, 2.45) is 5.92 Å². The molecule has 3 heterocycles. The third-order valence-corrected chi connectivity index (χ3v) is 6.59. The van der Waals surface area contributed by atoms with Gasteiger partial charge < -0.3 is 10.3 Å². The molecule has 1 aliphatic heterocycles. The van der Waals surface area contributed by atoms with E-state index in [4.69, 9.17) is 0 Å². The second kappa shape index (κ2) is 8.89. The van der Waals surface area contributed by atoms with Crippen LogP contribution in [-0.2, 0) is 14.8 Å². The zero-order valence-electron chi connectivity index (χ0n) is 16.5. The number of imide groups is 1. The maximum atomic E-state index is 13.0. The molecule has 0 atom stereocenters. The Bertz CT molecular complexity index is 979. The van der Waals surface area contributed by atoms with Crippen LogP contribution >= 0.6 is 0 Å². The van der Waals surface area contributed by atoms with E-state index in [1.54, 1.807) is 18.3 Å². The lowest BCUT2D eigenvalue weighted by Crippen LogP contribution is -2.52. The Labute approximate surface area is 169 Å². The number of nitrogens with one attached hydrogen (secondary N) is 3. The lowest BCUT2D eigenvalue weighted by atomic mass is 10.2. The summed E-state index contributed by atoms with van der Waals surface area (Å²) in [6.45, 7) is 5.79. The van der Waals surface area contributed by atoms with Gasteiger partial charge in [0.1, 0.15) is 10.5 Å². The van der Waals surface area contributed by atoms with Gasteiger partial charge in [-0.25, -0.2) is 18.2 Å².